The zero-order valence-electron chi connectivity index (χ0n) is 13.0. The minimum Gasteiger partial charge on any atom is -0.345 e. The van der Waals surface area contributed by atoms with Crippen molar-refractivity contribution < 1.29 is 9.32 Å². The molecule has 1 atom stereocenters. The molecule has 7 heteroatoms. The number of carbonyl (C=O) groups is 1. The summed E-state index contributed by atoms with van der Waals surface area (Å²) >= 11 is 0. The maximum atomic E-state index is 12.1. The fraction of sp³-hybridized carbons (Fsp3) is 0.600. The standard InChI is InChI=1S/C15H21N5O2/c1-9(15-17-10(2)20-22-15)16-14(21)8-7-13-11-5-3-4-6-12(11)18-19-13/h9H,3-8H2,1-2H3,(H,16,21)(H,18,19)/t9-/m0/s1. The Labute approximate surface area is 128 Å². The van der Waals surface area contributed by atoms with Gasteiger partial charge in [-0.05, 0) is 45.1 Å². The summed E-state index contributed by atoms with van der Waals surface area (Å²) in [6.07, 6.45) is 5.64. The molecular weight excluding hydrogens is 282 g/mol. The lowest BCUT2D eigenvalue weighted by Gasteiger charge is -2.12. The molecule has 1 amide bonds. The summed E-state index contributed by atoms with van der Waals surface area (Å²) in [6, 6.07) is -0.276. The van der Waals surface area contributed by atoms with Gasteiger partial charge in [-0.1, -0.05) is 5.16 Å². The highest BCUT2D eigenvalue weighted by Crippen LogP contribution is 2.23. The molecule has 2 aromatic heterocycles. The summed E-state index contributed by atoms with van der Waals surface area (Å²) in [7, 11) is 0. The first-order chi connectivity index (χ1) is 10.6. The highest BCUT2D eigenvalue weighted by Gasteiger charge is 2.19. The van der Waals surface area contributed by atoms with Crippen LogP contribution in [-0.4, -0.2) is 26.2 Å². The quantitative estimate of drug-likeness (QED) is 0.877. The molecule has 0 saturated carbocycles. The topological polar surface area (TPSA) is 96.7 Å². The molecular formula is C15H21N5O2. The Balaban J connectivity index is 1.53. The lowest BCUT2D eigenvalue weighted by Crippen LogP contribution is -2.27. The van der Waals surface area contributed by atoms with Crippen LogP contribution in [0.15, 0.2) is 4.52 Å². The average Bonchev–Trinajstić information content (AvgIpc) is 3.11. The van der Waals surface area contributed by atoms with Gasteiger partial charge in [-0.3, -0.25) is 9.89 Å². The zero-order valence-corrected chi connectivity index (χ0v) is 13.0. The van der Waals surface area contributed by atoms with E-state index in [2.05, 4.69) is 25.7 Å². The van der Waals surface area contributed by atoms with Crippen molar-refractivity contribution in [3.05, 3.63) is 28.7 Å². The maximum absolute atomic E-state index is 12.1. The van der Waals surface area contributed by atoms with E-state index in [-0.39, 0.29) is 11.9 Å². The number of H-pyrrole nitrogens is 1. The van der Waals surface area contributed by atoms with Gasteiger partial charge in [0.2, 0.25) is 11.8 Å². The summed E-state index contributed by atoms with van der Waals surface area (Å²) < 4.78 is 5.06. The minimum atomic E-state index is -0.276. The smallest absolute Gasteiger partial charge is 0.248 e. The van der Waals surface area contributed by atoms with Crippen molar-refractivity contribution in [2.75, 3.05) is 0 Å². The van der Waals surface area contributed by atoms with E-state index < -0.39 is 0 Å². The second kappa shape index (κ2) is 6.29. The van der Waals surface area contributed by atoms with Gasteiger partial charge in [-0.15, -0.1) is 0 Å². The first-order valence-electron chi connectivity index (χ1n) is 7.78. The molecule has 118 valence electrons. The number of carbonyl (C=O) groups excluding carboxylic acids is 1. The SMILES string of the molecule is Cc1noc([C@H](C)NC(=O)CCc2n[nH]c3c2CCCC3)n1. The molecule has 2 aromatic rings. The Morgan fingerprint density at radius 3 is 3.00 bits per heavy atom. The van der Waals surface area contributed by atoms with Crippen molar-refractivity contribution >= 4 is 5.91 Å². The third-order valence-corrected chi connectivity index (χ3v) is 4.02. The van der Waals surface area contributed by atoms with E-state index in [9.17, 15) is 4.79 Å². The van der Waals surface area contributed by atoms with Gasteiger partial charge >= 0.3 is 0 Å². The molecule has 0 aromatic carbocycles. The van der Waals surface area contributed by atoms with E-state index >= 15 is 0 Å². The molecule has 0 aliphatic heterocycles. The molecule has 0 spiro atoms. The van der Waals surface area contributed by atoms with Gasteiger partial charge in [0.1, 0.15) is 6.04 Å². The first kappa shape index (κ1) is 14.7. The first-order valence-corrected chi connectivity index (χ1v) is 7.78. The predicted molar refractivity (Wildman–Crippen MR) is 79.1 cm³/mol. The minimum absolute atomic E-state index is 0.0316. The number of aryl methyl sites for hydroxylation is 3. The van der Waals surface area contributed by atoms with Crippen LogP contribution in [0, 0.1) is 6.92 Å². The summed E-state index contributed by atoms with van der Waals surface area (Å²) in [5.74, 6) is 0.971. The molecule has 22 heavy (non-hydrogen) atoms. The van der Waals surface area contributed by atoms with Crippen LogP contribution in [0.2, 0.25) is 0 Å². The van der Waals surface area contributed by atoms with Crippen LogP contribution in [-0.2, 0) is 24.1 Å². The second-order valence-electron chi connectivity index (χ2n) is 5.80. The Bertz CT molecular complexity index is 661. The number of nitrogens with zero attached hydrogens (tertiary/aromatic N) is 3. The monoisotopic (exact) mass is 303 g/mol. The van der Waals surface area contributed by atoms with E-state index in [4.69, 9.17) is 4.52 Å². The Hall–Kier alpha value is -2.18. The van der Waals surface area contributed by atoms with E-state index in [0.717, 1.165) is 18.5 Å². The van der Waals surface area contributed by atoms with Crippen LogP contribution in [0.1, 0.15) is 60.9 Å². The van der Waals surface area contributed by atoms with E-state index in [1.807, 2.05) is 6.92 Å². The maximum Gasteiger partial charge on any atom is 0.248 e. The largest absolute Gasteiger partial charge is 0.345 e. The third-order valence-electron chi connectivity index (χ3n) is 4.02. The number of aromatic amines is 1. The zero-order chi connectivity index (χ0) is 15.5. The number of fused-ring (bicyclic) bond motifs is 1. The van der Waals surface area contributed by atoms with Crippen molar-refractivity contribution in [3.8, 4) is 0 Å². The van der Waals surface area contributed by atoms with Crippen LogP contribution in [0.25, 0.3) is 0 Å². The molecule has 0 saturated heterocycles. The predicted octanol–water partition coefficient (Wildman–Crippen LogP) is 1.79. The molecule has 2 heterocycles. The van der Waals surface area contributed by atoms with Crippen LogP contribution in [0.4, 0.5) is 0 Å². The normalized spacial score (nSPS) is 15.4. The molecule has 1 aliphatic rings. The molecule has 0 radical (unpaired) electrons. The summed E-state index contributed by atoms with van der Waals surface area (Å²) in [6.45, 7) is 3.59. The van der Waals surface area contributed by atoms with Crippen molar-refractivity contribution in [3.63, 3.8) is 0 Å². The van der Waals surface area contributed by atoms with Gasteiger partial charge in [0, 0.05) is 18.5 Å². The van der Waals surface area contributed by atoms with Crippen molar-refractivity contribution in [2.45, 2.75) is 58.4 Å². The van der Waals surface area contributed by atoms with Crippen molar-refractivity contribution in [1.82, 2.24) is 25.7 Å². The molecule has 0 fully saturated rings. The van der Waals surface area contributed by atoms with Gasteiger partial charge in [-0.25, -0.2) is 0 Å². The number of hydrogen-bond donors (Lipinski definition) is 2. The fourth-order valence-electron chi connectivity index (χ4n) is 2.85. The second-order valence-corrected chi connectivity index (χ2v) is 5.80. The number of aromatic nitrogens is 4. The molecule has 0 unspecified atom stereocenters. The highest BCUT2D eigenvalue weighted by atomic mass is 16.5. The third kappa shape index (κ3) is 3.18. The van der Waals surface area contributed by atoms with Crippen LogP contribution >= 0.6 is 0 Å². The number of rotatable bonds is 5. The highest BCUT2D eigenvalue weighted by molar-refractivity contribution is 5.76. The number of nitrogens with one attached hydrogen (secondary N) is 2. The number of amides is 1. The fourth-order valence-corrected chi connectivity index (χ4v) is 2.85. The molecule has 3 rings (SSSR count). The van der Waals surface area contributed by atoms with E-state index in [0.29, 0.717) is 24.6 Å². The molecule has 0 bridgehead atoms. The van der Waals surface area contributed by atoms with Gasteiger partial charge in [0.15, 0.2) is 5.82 Å². The molecule has 2 N–H and O–H groups in total. The Kier molecular flexibility index (Phi) is 4.22. The van der Waals surface area contributed by atoms with Crippen molar-refractivity contribution in [1.29, 1.82) is 0 Å². The average molecular weight is 303 g/mol. The van der Waals surface area contributed by atoms with E-state index in [1.54, 1.807) is 6.92 Å². The lowest BCUT2D eigenvalue weighted by atomic mass is 9.94. The number of hydrogen-bond acceptors (Lipinski definition) is 5. The van der Waals surface area contributed by atoms with Crippen molar-refractivity contribution in [2.24, 2.45) is 0 Å². The Morgan fingerprint density at radius 1 is 1.41 bits per heavy atom. The van der Waals surface area contributed by atoms with Gasteiger partial charge in [0.05, 0.1) is 5.69 Å². The summed E-state index contributed by atoms with van der Waals surface area (Å²) in [4.78, 5) is 16.2. The molecule has 7 nitrogen and oxygen atoms in total. The lowest BCUT2D eigenvalue weighted by molar-refractivity contribution is -0.121. The van der Waals surface area contributed by atoms with E-state index in [1.165, 1.54) is 24.1 Å². The van der Waals surface area contributed by atoms with Crippen LogP contribution in [0.5, 0.6) is 0 Å². The summed E-state index contributed by atoms with van der Waals surface area (Å²) in [5, 5.41) is 14.1. The van der Waals surface area contributed by atoms with Crippen LogP contribution < -0.4 is 5.32 Å². The van der Waals surface area contributed by atoms with Gasteiger partial charge in [-0.2, -0.15) is 10.1 Å². The van der Waals surface area contributed by atoms with Crippen LogP contribution in [0.3, 0.4) is 0 Å². The summed E-state index contributed by atoms with van der Waals surface area (Å²) in [5.41, 5.74) is 3.60. The van der Waals surface area contributed by atoms with Gasteiger partial charge < -0.3 is 9.84 Å². The Morgan fingerprint density at radius 2 is 2.23 bits per heavy atom. The van der Waals surface area contributed by atoms with Gasteiger partial charge in [0.25, 0.3) is 0 Å². The molecule has 1 aliphatic carbocycles.